The first-order valence-electron chi connectivity index (χ1n) is 5.32. The van der Waals surface area contributed by atoms with E-state index in [4.69, 9.17) is 28.9 Å². The molecule has 0 radical (unpaired) electrons. The summed E-state index contributed by atoms with van der Waals surface area (Å²) in [6, 6.07) is 7.45. The van der Waals surface area contributed by atoms with Crippen molar-refractivity contribution < 1.29 is 12.8 Å². The van der Waals surface area contributed by atoms with Gasteiger partial charge in [-0.3, -0.25) is 4.72 Å². The molecular formula is C12H9Cl2FN2O2S. The third-order valence-electron chi connectivity index (χ3n) is 2.40. The molecule has 0 aliphatic rings. The monoisotopic (exact) mass is 334 g/mol. The van der Waals surface area contributed by atoms with E-state index in [1.165, 1.54) is 30.3 Å². The van der Waals surface area contributed by atoms with E-state index < -0.39 is 15.8 Å². The van der Waals surface area contributed by atoms with Crippen molar-refractivity contribution in [2.75, 3.05) is 10.5 Å². The molecule has 0 saturated carbocycles. The van der Waals surface area contributed by atoms with Gasteiger partial charge in [0, 0.05) is 10.0 Å². The lowest BCUT2D eigenvalue weighted by Gasteiger charge is -2.09. The van der Waals surface area contributed by atoms with Gasteiger partial charge in [0.1, 0.15) is 5.82 Å². The number of nitrogens with two attached hydrogens (primary N) is 1. The van der Waals surface area contributed by atoms with E-state index in [-0.39, 0.29) is 26.3 Å². The molecule has 0 fully saturated rings. The first kappa shape index (κ1) is 14.9. The van der Waals surface area contributed by atoms with Crippen molar-refractivity contribution >= 4 is 44.6 Å². The van der Waals surface area contributed by atoms with Gasteiger partial charge in [-0.1, -0.05) is 23.2 Å². The van der Waals surface area contributed by atoms with Gasteiger partial charge < -0.3 is 5.73 Å². The van der Waals surface area contributed by atoms with Gasteiger partial charge >= 0.3 is 0 Å². The molecule has 0 aliphatic heterocycles. The van der Waals surface area contributed by atoms with Crippen LogP contribution in [0.2, 0.25) is 10.0 Å². The molecule has 2 aromatic carbocycles. The first-order chi connectivity index (χ1) is 9.28. The van der Waals surface area contributed by atoms with Gasteiger partial charge in [-0.15, -0.1) is 0 Å². The van der Waals surface area contributed by atoms with Crippen molar-refractivity contribution in [3.8, 4) is 0 Å². The highest BCUT2D eigenvalue weighted by atomic mass is 35.5. The average Bonchev–Trinajstić information content (AvgIpc) is 2.30. The smallest absolute Gasteiger partial charge is 0.261 e. The molecule has 3 N–H and O–H groups in total. The Balaban J connectivity index is 2.37. The van der Waals surface area contributed by atoms with Gasteiger partial charge in [0.2, 0.25) is 0 Å². The van der Waals surface area contributed by atoms with Crippen molar-refractivity contribution in [1.29, 1.82) is 0 Å². The number of benzene rings is 2. The molecule has 106 valence electrons. The molecule has 0 heterocycles. The summed E-state index contributed by atoms with van der Waals surface area (Å²) in [5, 5.41) is 0.553. The summed E-state index contributed by atoms with van der Waals surface area (Å²) < 4.78 is 39.7. The van der Waals surface area contributed by atoms with Gasteiger partial charge in [-0.2, -0.15) is 0 Å². The highest BCUT2D eigenvalue weighted by molar-refractivity contribution is 7.92. The van der Waals surface area contributed by atoms with E-state index in [1.807, 2.05) is 0 Å². The highest BCUT2D eigenvalue weighted by Crippen LogP contribution is 2.25. The van der Waals surface area contributed by atoms with Crippen LogP contribution < -0.4 is 10.5 Å². The molecule has 20 heavy (non-hydrogen) atoms. The Morgan fingerprint density at radius 2 is 1.65 bits per heavy atom. The molecule has 2 rings (SSSR count). The van der Waals surface area contributed by atoms with Crippen LogP contribution in [0.1, 0.15) is 0 Å². The molecule has 4 nitrogen and oxygen atoms in total. The number of rotatable bonds is 3. The Morgan fingerprint density at radius 1 is 1.05 bits per heavy atom. The fourth-order valence-corrected chi connectivity index (χ4v) is 3.08. The number of hydrogen-bond donors (Lipinski definition) is 2. The van der Waals surface area contributed by atoms with Crippen LogP contribution in [-0.2, 0) is 10.0 Å². The van der Waals surface area contributed by atoms with E-state index in [1.54, 1.807) is 0 Å². The third kappa shape index (κ3) is 3.33. The zero-order valence-electron chi connectivity index (χ0n) is 9.90. The molecule has 0 aromatic heterocycles. The van der Waals surface area contributed by atoms with E-state index in [0.29, 0.717) is 0 Å². The summed E-state index contributed by atoms with van der Waals surface area (Å²) in [5.41, 5.74) is 5.35. The van der Waals surface area contributed by atoms with Gasteiger partial charge in [0.15, 0.2) is 0 Å². The van der Waals surface area contributed by atoms with Gasteiger partial charge in [0.05, 0.1) is 16.3 Å². The normalized spacial score (nSPS) is 11.3. The second-order valence-electron chi connectivity index (χ2n) is 3.95. The van der Waals surface area contributed by atoms with Crippen LogP contribution in [0.5, 0.6) is 0 Å². The second-order valence-corrected chi connectivity index (χ2v) is 6.50. The number of hydrogen-bond acceptors (Lipinski definition) is 3. The molecule has 0 atom stereocenters. The third-order valence-corrected chi connectivity index (χ3v) is 4.21. The minimum atomic E-state index is -3.95. The van der Waals surface area contributed by atoms with Crippen LogP contribution in [0.4, 0.5) is 15.8 Å². The first-order valence-corrected chi connectivity index (χ1v) is 7.56. The zero-order chi connectivity index (χ0) is 14.9. The predicted octanol–water partition coefficient (Wildman–Crippen LogP) is 3.52. The van der Waals surface area contributed by atoms with Crippen LogP contribution >= 0.6 is 23.2 Å². The zero-order valence-corrected chi connectivity index (χ0v) is 12.2. The van der Waals surface area contributed by atoms with E-state index in [2.05, 4.69) is 4.72 Å². The molecule has 0 spiro atoms. The SMILES string of the molecule is Nc1ccc(S(=O)(=O)Nc2cc(Cl)cc(Cl)c2)cc1F. The van der Waals surface area contributed by atoms with Crippen molar-refractivity contribution in [3.63, 3.8) is 0 Å². The summed E-state index contributed by atoms with van der Waals surface area (Å²) in [5.74, 6) is -0.808. The molecule has 0 saturated heterocycles. The quantitative estimate of drug-likeness (QED) is 0.843. The largest absolute Gasteiger partial charge is 0.396 e. The van der Waals surface area contributed by atoms with E-state index in [9.17, 15) is 12.8 Å². The van der Waals surface area contributed by atoms with Crippen molar-refractivity contribution in [2.24, 2.45) is 0 Å². The summed E-state index contributed by atoms with van der Waals surface area (Å²) >= 11 is 11.6. The Hall–Kier alpha value is -1.50. The number of halogens is 3. The number of nitrogens with one attached hydrogen (secondary N) is 1. The Morgan fingerprint density at radius 3 is 2.20 bits per heavy atom. The summed E-state index contributed by atoms with van der Waals surface area (Å²) in [6.07, 6.45) is 0. The number of nitrogen functional groups attached to an aromatic ring is 1. The maximum absolute atomic E-state index is 13.3. The molecular weight excluding hydrogens is 326 g/mol. The summed E-state index contributed by atoms with van der Waals surface area (Å²) in [4.78, 5) is -0.250. The topological polar surface area (TPSA) is 72.2 Å². The van der Waals surface area contributed by atoms with Crippen molar-refractivity contribution in [2.45, 2.75) is 4.90 Å². The molecule has 8 heteroatoms. The van der Waals surface area contributed by atoms with Crippen molar-refractivity contribution in [3.05, 3.63) is 52.3 Å². The Kier molecular flexibility index (Phi) is 4.08. The molecule has 0 bridgehead atoms. The molecule has 0 unspecified atom stereocenters. The Labute approximate surface area is 125 Å². The van der Waals surface area contributed by atoms with Crippen molar-refractivity contribution in [1.82, 2.24) is 0 Å². The minimum Gasteiger partial charge on any atom is -0.396 e. The molecule has 2 aromatic rings. The van der Waals surface area contributed by atoms with Crippen LogP contribution in [0.15, 0.2) is 41.3 Å². The van der Waals surface area contributed by atoms with E-state index >= 15 is 0 Å². The van der Waals surface area contributed by atoms with Crippen LogP contribution in [0.3, 0.4) is 0 Å². The standard InChI is InChI=1S/C12H9Cl2FN2O2S/c13-7-3-8(14)5-9(4-7)17-20(18,19)10-1-2-12(16)11(15)6-10/h1-6,17H,16H2. The lowest BCUT2D eigenvalue weighted by molar-refractivity contribution is 0.596. The average molecular weight is 335 g/mol. The summed E-state index contributed by atoms with van der Waals surface area (Å²) in [6.45, 7) is 0. The maximum atomic E-state index is 13.3. The highest BCUT2D eigenvalue weighted by Gasteiger charge is 2.16. The number of anilines is 2. The molecule has 0 amide bonds. The summed E-state index contributed by atoms with van der Waals surface area (Å²) in [7, 11) is -3.95. The minimum absolute atomic E-state index is 0.130. The lowest BCUT2D eigenvalue weighted by Crippen LogP contribution is -2.13. The van der Waals surface area contributed by atoms with Crippen LogP contribution in [0, 0.1) is 5.82 Å². The predicted molar refractivity (Wildman–Crippen MR) is 78.1 cm³/mol. The van der Waals surface area contributed by atoms with Gasteiger partial charge in [0.25, 0.3) is 10.0 Å². The fraction of sp³-hybridized carbons (Fsp3) is 0. The van der Waals surface area contributed by atoms with E-state index in [0.717, 1.165) is 6.07 Å². The Bertz CT molecular complexity index is 746. The maximum Gasteiger partial charge on any atom is 0.261 e. The van der Waals surface area contributed by atoms with Crippen LogP contribution in [0.25, 0.3) is 0 Å². The fourth-order valence-electron chi connectivity index (χ4n) is 1.50. The van der Waals surface area contributed by atoms with Gasteiger partial charge in [-0.05, 0) is 36.4 Å². The lowest BCUT2D eigenvalue weighted by atomic mass is 10.3. The van der Waals surface area contributed by atoms with Gasteiger partial charge in [-0.25, -0.2) is 12.8 Å². The number of sulfonamides is 1. The second kappa shape index (κ2) is 5.47. The van der Waals surface area contributed by atoms with Crippen LogP contribution in [-0.4, -0.2) is 8.42 Å². The molecule has 0 aliphatic carbocycles.